The van der Waals surface area contributed by atoms with Crippen LogP contribution in [0.25, 0.3) is 0 Å². The van der Waals surface area contributed by atoms with Crippen LogP contribution in [0.2, 0.25) is 0 Å². The third kappa shape index (κ3) is 5.58. The fraction of sp³-hybridized carbons (Fsp3) is 0.312. The SMILES string of the molecule is Cc1cc(OCC(=O)Nc2cnn(CCCC(=O)[O-])c2)ccc1[N+](=O)[O-]. The summed E-state index contributed by atoms with van der Waals surface area (Å²) < 4.78 is 6.83. The number of carboxylic acids is 1. The number of benzene rings is 1. The molecule has 0 aliphatic carbocycles. The van der Waals surface area contributed by atoms with E-state index in [1.807, 2.05) is 0 Å². The van der Waals surface area contributed by atoms with E-state index in [9.17, 15) is 24.8 Å². The van der Waals surface area contributed by atoms with Crippen LogP contribution in [0.1, 0.15) is 18.4 Å². The highest BCUT2D eigenvalue weighted by Crippen LogP contribution is 2.23. The number of hydrogen-bond acceptors (Lipinski definition) is 7. The zero-order valence-electron chi connectivity index (χ0n) is 14.0. The molecule has 0 radical (unpaired) electrons. The topological polar surface area (TPSA) is 139 Å². The van der Waals surface area contributed by atoms with Crippen molar-refractivity contribution in [3.8, 4) is 5.75 Å². The Morgan fingerprint density at radius 1 is 1.38 bits per heavy atom. The number of amides is 1. The van der Waals surface area contributed by atoms with Crippen molar-refractivity contribution in [3.05, 3.63) is 46.3 Å². The van der Waals surface area contributed by atoms with Crippen LogP contribution in [0.15, 0.2) is 30.6 Å². The van der Waals surface area contributed by atoms with Crippen LogP contribution in [-0.2, 0) is 16.1 Å². The first-order chi connectivity index (χ1) is 12.3. The van der Waals surface area contributed by atoms with Gasteiger partial charge in [0.05, 0.1) is 16.8 Å². The Morgan fingerprint density at radius 2 is 2.15 bits per heavy atom. The molecule has 1 aromatic heterocycles. The van der Waals surface area contributed by atoms with E-state index in [-0.39, 0.29) is 18.7 Å². The molecular weight excluding hydrogens is 344 g/mol. The van der Waals surface area contributed by atoms with E-state index in [1.54, 1.807) is 13.1 Å². The Kier molecular flexibility index (Phi) is 6.25. The molecule has 1 heterocycles. The minimum Gasteiger partial charge on any atom is -0.550 e. The molecule has 2 aromatic rings. The van der Waals surface area contributed by atoms with E-state index in [0.717, 1.165) is 0 Å². The predicted octanol–water partition coefficient (Wildman–Crippen LogP) is 0.647. The van der Waals surface area contributed by atoms with Crippen LogP contribution in [0, 0.1) is 17.0 Å². The first-order valence-corrected chi connectivity index (χ1v) is 7.75. The van der Waals surface area contributed by atoms with Crippen molar-refractivity contribution in [1.82, 2.24) is 9.78 Å². The molecule has 26 heavy (non-hydrogen) atoms. The third-order valence-corrected chi connectivity index (χ3v) is 3.42. The average Bonchev–Trinajstić information content (AvgIpc) is 2.99. The van der Waals surface area contributed by atoms with Crippen LogP contribution in [-0.4, -0.2) is 33.2 Å². The van der Waals surface area contributed by atoms with Crippen molar-refractivity contribution in [3.63, 3.8) is 0 Å². The standard InChI is InChI=1S/C16H18N4O6/c1-11-7-13(4-5-14(11)20(24)25)26-10-15(21)18-12-8-17-19(9-12)6-2-3-16(22)23/h4-5,7-9H,2-3,6,10H2,1H3,(H,18,21)(H,22,23)/p-1. The number of nitrogens with zero attached hydrogens (tertiary/aromatic N) is 3. The van der Waals surface area contributed by atoms with Gasteiger partial charge in [0.2, 0.25) is 0 Å². The van der Waals surface area contributed by atoms with Gasteiger partial charge in [-0.1, -0.05) is 0 Å². The lowest BCUT2D eigenvalue weighted by atomic mass is 10.2. The number of aliphatic carboxylic acids is 1. The Morgan fingerprint density at radius 3 is 2.81 bits per heavy atom. The van der Waals surface area contributed by atoms with Gasteiger partial charge in [-0.3, -0.25) is 19.6 Å². The van der Waals surface area contributed by atoms with Crippen molar-refractivity contribution < 1.29 is 24.4 Å². The highest BCUT2D eigenvalue weighted by atomic mass is 16.6. The second kappa shape index (κ2) is 8.60. The predicted molar refractivity (Wildman–Crippen MR) is 88.4 cm³/mol. The molecule has 1 amide bonds. The lowest BCUT2D eigenvalue weighted by Gasteiger charge is -2.07. The maximum Gasteiger partial charge on any atom is 0.272 e. The number of anilines is 1. The normalized spacial score (nSPS) is 10.3. The van der Waals surface area contributed by atoms with E-state index >= 15 is 0 Å². The van der Waals surface area contributed by atoms with E-state index in [2.05, 4.69) is 10.4 Å². The van der Waals surface area contributed by atoms with Gasteiger partial charge in [0.15, 0.2) is 6.61 Å². The zero-order chi connectivity index (χ0) is 19.1. The van der Waals surface area contributed by atoms with Gasteiger partial charge < -0.3 is 20.0 Å². The summed E-state index contributed by atoms with van der Waals surface area (Å²) in [4.78, 5) is 32.5. The number of carbonyl (C=O) groups excluding carboxylic acids is 2. The van der Waals surface area contributed by atoms with E-state index < -0.39 is 16.8 Å². The van der Waals surface area contributed by atoms with Gasteiger partial charge in [0.25, 0.3) is 11.6 Å². The Bertz CT molecular complexity index is 817. The molecule has 10 heteroatoms. The third-order valence-electron chi connectivity index (χ3n) is 3.42. The molecule has 0 atom stereocenters. The highest BCUT2D eigenvalue weighted by Gasteiger charge is 2.12. The number of aromatic nitrogens is 2. The number of nitrogens with one attached hydrogen (secondary N) is 1. The monoisotopic (exact) mass is 361 g/mol. The summed E-state index contributed by atoms with van der Waals surface area (Å²) in [5.41, 5.74) is 0.866. The van der Waals surface area contributed by atoms with Crippen molar-refractivity contribution in [2.75, 3.05) is 11.9 Å². The largest absolute Gasteiger partial charge is 0.550 e. The van der Waals surface area contributed by atoms with Crippen LogP contribution in [0.5, 0.6) is 5.75 Å². The minimum atomic E-state index is -1.12. The summed E-state index contributed by atoms with van der Waals surface area (Å²) in [5.74, 6) is -1.19. The molecule has 0 bridgehead atoms. The number of nitro benzene ring substituents is 1. The van der Waals surface area contributed by atoms with Gasteiger partial charge in [-0.2, -0.15) is 5.10 Å². The summed E-state index contributed by atoms with van der Waals surface area (Å²) in [6.45, 7) is 1.70. The number of carboxylic acid groups (broad SMARTS) is 1. The molecule has 0 saturated carbocycles. The number of rotatable bonds is 9. The summed E-state index contributed by atoms with van der Waals surface area (Å²) in [5, 5.41) is 27.7. The Balaban J connectivity index is 1.82. The molecule has 0 aliphatic heterocycles. The van der Waals surface area contributed by atoms with Crippen molar-refractivity contribution in [1.29, 1.82) is 0 Å². The molecule has 0 saturated heterocycles. The molecule has 0 fully saturated rings. The number of ether oxygens (including phenoxy) is 1. The summed E-state index contributed by atoms with van der Waals surface area (Å²) in [6.07, 6.45) is 3.32. The van der Waals surface area contributed by atoms with Crippen LogP contribution in [0.4, 0.5) is 11.4 Å². The number of carbonyl (C=O) groups is 2. The Labute approximate surface area is 148 Å². The second-order valence-corrected chi connectivity index (χ2v) is 5.51. The molecule has 0 aliphatic rings. The minimum absolute atomic E-state index is 0.0205. The Hall–Kier alpha value is -3.43. The van der Waals surface area contributed by atoms with E-state index in [1.165, 1.54) is 29.1 Å². The first kappa shape index (κ1) is 18.9. The van der Waals surface area contributed by atoms with Gasteiger partial charge in [0.1, 0.15) is 5.75 Å². The first-order valence-electron chi connectivity index (χ1n) is 7.75. The second-order valence-electron chi connectivity index (χ2n) is 5.51. The van der Waals surface area contributed by atoms with Crippen molar-refractivity contribution >= 4 is 23.3 Å². The van der Waals surface area contributed by atoms with Crippen LogP contribution < -0.4 is 15.2 Å². The summed E-state index contributed by atoms with van der Waals surface area (Å²) >= 11 is 0. The lowest BCUT2D eigenvalue weighted by Crippen LogP contribution is -2.22. The zero-order valence-corrected chi connectivity index (χ0v) is 14.0. The average molecular weight is 361 g/mol. The maximum absolute atomic E-state index is 11.9. The fourth-order valence-electron chi connectivity index (χ4n) is 2.20. The molecule has 1 aromatic carbocycles. The molecule has 10 nitrogen and oxygen atoms in total. The molecule has 1 N–H and O–H groups in total. The summed E-state index contributed by atoms with van der Waals surface area (Å²) in [6, 6.07) is 4.23. The fourth-order valence-corrected chi connectivity index (χ4v) is 2.20. The van der Waals surface area contributed by atoms with Crippen LogP contribution >= 0.6 is 0 Å². The highest BCUT2D eigenvalue weighted by molar-refractivity contribution is 5.91. The maximum atomic E-state index is 11.9. The van der Waals surface area contributed by atoms with Crippen LogP contribution in [0.3, 0.4) is 0 Å². The quantitative estimate of drug-likeness (QED) is 0.511. The molecule has 0 spiro atoms. The molecule has 0 unspecified atom stereocenters. The lowest BCUT2D eigenvalue weighted by molar-refractivity contribution is -0.385. The molecule has 138 valence electrons. The molecular formula is C16H17N4O6-. The van der Waals surface area contributed by atoms with Gasteiger partial charge >= 0.3 is 0 Å². The number of hydrogen-bond donors (Lipinski definition) is 1. The summed E-state index contributed by atoms with van der Waals surface area (Å²) in [7, 11) is 0. The van der Waals surface area contributed by atoms with Gasteiger partial charge in [0, 0.05) is 30.3 Å². The van der Waals surface area contributed by atoms with E-state index in [4.69, 9.17) is 4.74 Å². The van der Waals surface area contributed by atoms with E-state index in [0.29, 0.717) is 30.0 Å². The molecule has 2 rings (SSSR count). The van der Waals surface area contributed by atoms with Gasteiger partial charge in [-0.15, -0.1) is 0 Å². The smallest absolute Gasteiger partial charge is 0.272 e. The van der Waals surface area contributed by atoms with Crippen molar-refractivity contribution in [2.24, 2.45) is 0 Å². The number of nitro groups is 1. The van der Waals surface area contributed by atoms with Gasteiger partial charge in [-0.25, -0.2) is 0 Å². The van der Waals surface area contributed by atoms with Gasteiger partial charge in [-0.05, 0) is 31.9 Å². The number of aryl methyl sites for hydroxylation is 2. The van der Waals surface area contributed by atoms with Crippen molar-refractivity contribution in [2.45, 2.75) is 26.3 Å².